The van der Waals surface area contributed by atoms with Gasteiger partial charge in [0.05, 0.1) is 12.0 Å². The third-order valence-electron chi connectivity index (χ3n) is 5.19. The number of benzene rings is 1. The SMILES string of the molecule is CC(C)OC(=O)[C@H]1[C@@H](c2ccc(I)cc2)C[C@@H]2CC[C@H]1N2C. The van der Waals surface area contributed by atoms with Crippen LogP contribution in [0.2, 0.25) is 0 Å². The molecule has 0 saturated carbocycles. The van der Waals surface area contributed by atoms with E-state index >= 15 is 0 Å². The molecule has 120 valence electrons. The number of hydrogen-bond donors (Lipinski definition) is 0. The van der Waals surface area contributed by atoms with Gasteiger partial charge in [0.15, 0.2) is 0 Å². The van der Waals surface area contributed by atoms with Crippen LogP contribution in [0.3, 0.4) is 0 Å². The summed E-state index contributed by atoms with van der Waals surface area (Å²) in [4.78, 5) is 15.2. The van der Waals surface area contributed by atoms with Crippen molar-refractivity contribution in [2.75, 3.05) is 7.05 Å². The Morgan fingerprint density at radius 3 is 2.59 bits per heavy atom. The molecule has 2 bridgehead atoms. The number of nitrogens with zero attached hydrogens (tertiary/aromatic N) is 1. The quantitative estimate of drug-likeness (QED) is 0.558. The number of carbonyl (C=O) groups excluding carboxylic acids is 1. The fourth-order valence-electron chi connectivity index (χ4n) is 4.15. The summed E-state index contributed by atoms with van der Waals surface area (Å²) >= 11 is 2.33. The van der Waals surface area contributed by atoms with Gasteiger partial charge >= 0.3 is 5.97 Å². The van der Waals surface area contributed by atoms with Crippen LogP contribution < -0.4 is 0 Å². The standard InChI is InChI=1S/C18H24INO2/c1-11(2)22-18(21)17-15(12-4-6-13(19)7-5-12)10-14-8-9-16(17)20(14)3/h4-7,11,14-17H,8-10H2,1-3H3/t14-,15+,16+,17-/m0/s1. The van der Waals surface area contributed by atoms with Crippen LogP contribution >= 0.6 is 22.6 Å². The summed E-state index contributed by atoms with van der Waals surface area (Å²) in [6.07, 6.45) is 3.33. The molecule has 0 aliphatic carbocycles. The maximum atomic E-state index is 12.7. The van der Waals surface area contributed by atoms with Crippen molar-refractivity contribution < 1.29 is 9.53 Å². The van der Waals surface area contributed by atoms with Gasteiger partial charge in [-0.05, 0) is 80.4 Å². The van der Waals surface area contributed by atoms with Crippen LogP contribution in [-0.4, -0.2) is 36.1 Å². The van der Waals surface area contributed by atoms with Gasteiger partial charge in [-0.2, -0.15) is 0 Å². The molecule has 3 rings (SSSR count). The van der Waals surface area contributed by atoms with E-state index in [1.807, 2.05) is 13.8 Å². The van der Waals surface area contributed by atoms with E-state index in [0.29, 0.717) is 12.1 Å². The molecule has 1 aromatic carbocycles. The minimum absolute atomic E-state index is 0.0178. The van der Waals surface area contributed by atoms with Crippen LogP contribution in [0, 0.1) is 9.49 Å². The predicted molar refractivity (Wildman–Crippen MR) is 95.8 cm³/mol. The lowest BCUT2D eigenvalue weighted by Crippen LogP contribution is -2.49. The second-order valence-corrected chi connectivity index (χ2v) is 8.11. The van der Waals surface area contributed by atoms with Gasteiger partial charge < -0.3 is 4.74 Å². The molecule has 2 aliphatic heterocycles. The molecule has 22 heavy (non-hydrogen) atoms. The molecule has 2 heterocycles. The first-order valence-corrected chi connectivity index (χ1v) is 9.23. The smallest absolute Gasteiger partial charge is 0.311 e. The second-order valence-electron chi connectivity index (χ2n) is 6.87. The number of ether oxygens (including phenoxy) is 1. The first-order chi connectivity index (χ1) is 10.5. The van der Waals surface area contributed by atoms with Crippen molar-refractivity contribution in [3.8, 4) is 0 Å². The van der Waals surface area contributed by atoms with Crippen molar-refractivity contribution in [1.82, 2.24) is 4.90 Å². The second kappa shape index (κ2) is 6.48. The maximum Gasteiger partial charge on any atom is 0.311 e. The zero-order valence-electron chi connectivity index (χ0n) is 13.5. The fraction of sp³-hybridized carbons (Fsp3) is 0.611. The molecule has 2 fully saturated rings. The van der Waals surface area contributed by atoms with Gasteiger partial charge in [-0.25, -0.2) is 0 Å². The monoisotopic (exact) mass is 413 g/mol. The average Bonchev–Trinajstić information content (AvgIpc) is 2.71. The Bertz CT molecular complexity index is 543. The average molecular weight is 413 g/mol. The van der Waals surface area contributed by atoms with Gasteiger partial charge in [-0.15, -0.1) is 0 Å². The lowest BCUT2D eigenvalue weighted by Gasteiger charge is -2.42. The van der Waals surface area contributed by atoms with Gasteiger partial charge in [0, 0.05) is 21.6 Å². The number of esters is 1. The molecule has 3 nitrogen and oxygen atoms in total. The number of piperidine rings is 1. The lowest BCUT2D eigenvalue weighted by molar-refractivity contribution is -0.157. The summed E-state index contributed by atoms with van der Waals surface area (Å²) in [5, 5.41) is 0. The van der Waals surface area contributed by atoms with E-state index in [1.54, 1.807) is 0 Å². The molecule has 0 radical (unpaired) electrons. The fourth-order valence-corrected chi connectivity index (χ4v) is 4.51. The molecular formula is C18H24INO2. The first-order valence-electron chi connectivity index (χ1n) is 8.15. The van der Waals surface area contributed by atoms with Crippen LogP contribution in [0.15, 0.2) is 24.3 Å². The van der Waals surface area contributed by atoms with Crippen molar-refractivity contribution in [3.63, 3.8) is 0 Å². The largest absolute Gasteiger partial charge is 0.463 e. The number of hydrogen-bond acceptors (Lipinski definition) is 3. The van der Waals surface area contributed by atoms with Crippen molar-refractivity contribution in [1.29, 1.82) is 0 Å². The van der Waals surface area contributed by atoms with Crippen molar-refractivity contribution in [2.24, 2.45) is 5.92 Å². The Labute approximate surface area is 146 Å². The highest BCUT2D eigenvalue weighted by molar-refractivity contribution is 14.1. The highest BCUT2D eigenvalue weighted by Crippen LogP contribution is 2.46. The van der Waals surface area contributed by atoms with Gasteiger partial charge in [-0.1, -0.05) is 12.1 Å². The first kappa shape index (κ1) is 16.2. The molecule has 2 saturated heterocycles. The van der Waals surface area contributed by atoms with Gasteiger partial charge in [0.25, 0.3) is 0 Å². The molecule has 1 aromatic rings. The molecule has 4 heteroatoms. The minimum atomic E-state index is -0.0469. The van der Waals surface area contributed by atoms with E-state index in [-0.39, 0.29) is 23.9 Å². The number of fused-ring (bicyclic) bond motifs is 2. The molecule has 0 spiro atoms. The van der Waals surface area contributed by atoms with E-state index in [1.165, 1.54) is 15.6 Å². The molecule has 0 aromatic heterocycles. The van der Waals surface area contributed by atoms with Gasteiger partial charge in [0.1, 0.15) is 0 Å². The summed E-state index contributed by atoms with van der Waals surface area (Å²) in [6, 6.07) is 9.59. The van der Waals surface area contributed by atoms with E-state index < -0.39 is 0 Å². The molecule has 2 aliphatic rings. The van der Waals surface area contributed by atoms with Crippen molar-refractivity contribution >= 4 is 28.6 Å². The Morgan fingerprint density at radius 2 is 1.95 bits per heavy atom. The van der Waals surface area contributed by atoms with Crippen LogP contribution in [0.4, 0.5) is 0 Å². The lowest BCUT2D eigenvalue weighted by atomic mass is 9.76. The van der Waals surface area contributed by atoms with Crippen LogP contribution in [-0.2, 0) is 9.53 Å². The Morgan fingerprint density at radius 1 is 1.27 bits per heavy atom. The van der Waals surface area contributed by atoms with E-state index in [9.17, 15) is 4.79 Å². The van der Waals surface area contributed by atoms with Crippen molar-refractivity contribution in [3.05, 3.63) is 33.4 Å². The third-order valence-corrected chi connectivity index (χ3v) is 5.91. The minimum Gasteiger partial charge on any atom is -0.463 e. The molecular weight excluding hydrogens is 389 g/mol. The number of carbonyl (C=O) groups is 1. The Balaban J connectivity index is 1.91. The zero-order chi connectivity index (χ0) is 15.9. The van der Waals surface area contributed by atoms with Gasteiger partial charge in [-0.3, -0.25) is 9.69 Å². The Hall–Kier alpha value is -0.620. The topological polar surface area (TPSA) is 29.5 Å². The normalized spacial score (nSPS) is 31.5. The summed E-state index contributed by atoms with van der Waals surface area (Å²) in [5.41, 5.74) is 1.29. The molecule has 0 N–H and O–H groups in total. The van der Waals surface area contributed by atoms with E-state index in [0.717, 1.165) is 12.8 Å². The van der Waals surface area contributed by atoms with Crippen LogP contribution in [0.25, 0.3) is 0 Å². The number of rotatable bonds is 3. The van der Waals surface area contributed by atoms with E-state index in [2.05, 4.69) is 58.8 Å². The molecule has 0 amide bonds. The molecule has 4 atom stereocenters. The van der Waals surface area contributed by atoms with E-state index in [4.69, 9.17) is 4.74 Å². The highest BCUT2D eigenvalue weighted by atomic mass is 127. The Kier molecular flexibility index (Phi) is 4.78. The van der Waals surface area contributed by atoms with Crippen LogP contribution in [0.5, 0.6) is 0 Å². The predicted octanol–water partition coefficient (Wildman–Crippen LogP) is 3.81. The maximum absolute atomic E-state index is 12.7. The summed E-state index contributed by atoms with van der Waals surface area (Å²) in [5.74, 6) is 0.235. The summed E-state index contributed by atoms with van der Waals surface area (Å²) in [7, 11) is 2.17. The summed E-state index contributed by atoms with van der Waals surface area (Å²) in [6.45, 7) is 3.86. The number of halogens is 1. The summed E-state index contributed by atoms with van der Waals surface area (Å²) < 4.78 is 6.83. The molecule has 0 unspecified atom stereocenters. The van der Waals surface area contributed by atoms with Crippen molar-refractivity contribution in [2.45, 2.75) is 57.2 Å². The third kappa shape index (κ3) is 3.04. The van der Waals surface area contributed by atoms with Gasteiger partial charge in [0.2, 0.25) is 0 Å². The van der Waals surface area contributed by atoms with Crippen LogP contribution in [0.1, 0.15) is 44.6 Å². The zero-order valence-corrected chi connectivity index (χ0v) is 15.6. The highest BCUT2D eigenvalue weighted by Gasteiger charge is 2.49.